The van der Waals surface area contributed by atoms with Gasteiger partial charge in [0.15, 0.2) is 0 Å². The fraction of sp³-hybridized carbons (Fsp3) is 0.316. The van der Waals surface area contributed by atoms with Crippen molar-refractivity contribution >= 4 is 46.3 Å². The van der Waals surface area contributed by atoms with Crippen molar-refractivity contribution in [2.45, 2.75) is 52.0 Å². The monoisotopic (exact) mass is 648 g/mol. The van der Waals surface area contributed by atoms with Crippen LogP contribution in [0.2, 0.25) is 0 Å². The average Bonchev–Trinajstić information content (AvgIpc) is 3.83. The first kappa shape index (κ1) is 32.2. The number of rotatable bonds is 10. The van der Waals surface area contributed by atoms with Gasteiger partial charge in [-0.1, -0.05) is 43.3 Å². The van der Waals surface area contributed by atoms with E-state index in [4.69, 9.17) is 0 Å². The van der Waals surface area contributed by atoms with Crippen LogP contribution in [0, 0.1) is 12.8 Å². The third-order valence-corrected chi connectivity index (χ3v) is 10.2. The van der Waals surface area contributed by atoms with Crippen LogP contribution in [0.4, 0.5) is 11.4 Å². The molecule has 4 amide bonds. The van der Waals surface area contributed by atoms with Crippen molar-refractivity contribution in [3.63, 3.8) is 0 Å². The first-order valence-electron chi connectivity index (χ1n) is 16.3. The zero-order valence-electron chi connectivity index (χ0n) is 27.0. The van der Waals surface area contributed by atoms with Gasteiger partial charge in [-0.25, -0.2) is 0 Å². The van der Waals surface area contributed by atoms with Crippen molar-refractivity contribution < 1.29 is 19.2 Å². The molecule has 1 unspecified atom stereocenters. The fourth-order valence-electron chi connectivity index (χ4n) is 5.99. The number of para-hydroxylation sites is 1. The summed E-state index contributed by atoms with van der Waals surface area (Å²) in [7, 11) is 1.77. The highest BCUT2D eigenvalue weighted by Crippen LogP contribution is 2.42. The minimum Gasteiger partial charge on any atom is -0.349 e. The molecule has 1 aromatic heterocycles. The summed E-state index contributed by atoms with van der Waals surface area (Å²) in [5.41, 5.74) is 5.58. The van der Waals surface area contributed by atoms with Crippen LogP contribution < -0.4 is 15.5 Å². The zero-order chi connectivity index (χ0) is 33.1. The number of anilines is 2. The van der Waals surface area contributed by atoms with Gasteiger partial charge in [0, 0.05) is 59.4 Å². The van der Waals surface area contributed by atoms with Gasteiger partial charge in [0.05, 0.1) is 10.6 Å². The molecule has 1 atom stereocenters. The van der Waals surface area contributed by atoms with Crippen LogP contribution in [0.1, 0.15) is 74.1 Å². The third kappa shape index (κ3) is 7.15. The summed E-state index contributed by atoms with van der Waals surface area (Å²) in [6.45, 7) is 4.84. The number of hydrogen-bond acceptors (Lipinski definition) is 5. The molecule has 1 aliphatic carbocycles. The molecule has 47 heavy (non-hydrogen) atoms. The van der Waals surface area contributed by atoms with Crippen molar-refractivity contribution in [1.82, 2.24) is 10.2 Å². The van der Waals surface area contributed by atoms with E-state index in [0.29, 0.717) is 60.1 Å². The summed E-state index contributed by atoms with van der Waals surface area (Å²) in [6.07, 6.45) is 3.90. The average molecular weight is 649 g/mol. The quantitative estimate of drug-likeness (QED) is 0.195. The van der Waals surface area contributed by atoms with Gasteiger partial charge in [-0.2, -0.15) is 0 Å². The van der Waals surface area contributed by atoms with E-state index >= 15 is 0 Å². The van der Waals surface area contributed by atoms with E-state index in [0.717, 1.165) is 40.1 Å². The van der Waals surface area contributed by atoms with Crippen molar-refractivity contribution in [2.75, 3.05) is 30.4 Å². The fourth-order valence-corrected chi connectivity index (χ4v) is 7.14. The third-order valence-electron chi connectivity index (χ3n) is 9.03. The Morgan fingerprint density at radius 3 is 2.43 bits per heavy atom. The second kappa shape index (κ2) is 13.9. The number of benzene rings is 3. The molecular formula is C38H40N4O4S. The van der Waals surface area contributed by atoms with E-state index in [1.54, 1.807) is 41.1 Å². The Hall–Kier alpha value is -4.76. The zero-order valence-corrected chi connectivity index (χ0v) is 27.9. The Kier molecular flexibility index (Phi) is 9.54. The molecule has 0 bridgehead atoms. The molecule has 3 aromatic carbocycles. The Bertz CT molecular complexity index is 1810. The SMILES string of the molecule is CCC(CCN(C)C(=O)c1ccccc1C)C(=O)Nc1ccc(C(=O)N2CCc3cc(C(=O)NC4CC4)sc3-c3ccccc32)cc1. The van der Waals surface area contributed by atoms with E-state index in [-0.39, 0.29) is 29.5 Å². The van der Waals surface area contributed by atoms with E-state index in [9.17, 15) is 19.2 Å². The lowest BCUT2D eigenvalue weighted by Gasteiger charge is -2.23. The molecular weight excluding hydrogens is 609 g/mol. The molecule has 1 aliphatic heterocycles. The van der Waals surface area contributed by atoms with Gasteiger partial charge in [-0.05, 0) is 92.6 Å². The Morgan fingerprint density at radius 1 is 0.979 bits per heavy atom. The number of amides is 4. The van der Waals surface area contributed by atoms with E-state index < -0.39 is 0 Å². The minimum absolute atomic E-state index is 0.0194. The summed E-state index contributed by atoms with van der Waals surface area (Å²) < 4.78 is 0. The largest absolute Gasteiger partial charge is 0.349 e. The molecule has 2 heterocycles. The number of aryl methyl sites for hydroxylation is 1. The minimum atomic E-state index is -0.265. The molecule has 0 radical (unpaired) electrons. The first-order chi connectivity index (χ1) is 22.7. The van der Waals surface area contributed by atoms with E-state index in [1.165, 1.54) is 11.3 Å². The molecule has 4 aromatic rings. The van der Waals surface area contributed by atoms with Gasteiger partial charge >= 0.3 is 0 Å². The van der Waals surface area contributed by atoms with E-state index in [1.807, 2.05) is 68.4 Å². The lowest BCUT2D eigenvalue weighted by atomic mass is 10.0. The summed E-state index contributed by atoms with van der Waals surface area (Å²) in [4.78, 5) is 57.9. The predicted molar refractivity (Wildman–Crippen MR) is 187 cm³/mol. The van der Waals surface area contributed by atoms with Crippen molar-refractivity contribution in [3.8, 4) is 10.4 Å². The Morgan fingerprint density at radius 2 is 1.70 bits per heavy atom. The number of thiophene rings is 1. The van der Waals surface area contributed by atoms with Gasteiger partial charge in [0.1, 0.15) is 0 Å². The number of carbonyl (C=O) groups excluding carboxylic acids is 4. The Balaban J connectivity index is 1.09. The smallest absolute Gasteiger partial charge is 0.261 e. The van der Waals surface area contributed by atoms with Crippen LogP contribution in [-0.4, -0.2) is 54.7 Å². The summed E-state index contributed by atoms with van der Waals surface area (Å²) in [5.74, 6) is -0.568. The standard InChI is InChI=1S/C38H40N4O4S/c1-4-25(19-21-41(3)38(46)30-10-6-5-9-24(30)2)35(43)39-28-15-13-26(14-16-28)37(45)42-22-20-27-23-33(36(44)40-29-17-18-29)47-34(27)31-11-7-8-12-32(31)42/h5-16,23,25,29H,4,17-22H2,1-3H3,(H,39,43)(H,40,44). The number of fused-ring (bicyclic) bond motifs is 3. The maximum atomic E-state index is 13.9. The van der Waals surface area contributed by atoms with Gasteiger partial charge in [-0.3, -0.25) is 19.2 Å². The second-order valence-corrected chi connectivity index (χ2v) is 13.5. The molecule has 1 saturated carbocycles. The molecule has 6 rings (SSSR count). The van der Waals surface area contributed by atoms with Crippen LogP contribution in [-0.2, 0) is 11.2 Å². The topological polar surface area (TPSA) is 98.8 Å². The van der Waals surface area contributed by atoms with Gasteiger partial charge in [0.25, 0.3) is 17.7 Å². The lowest BCUT2D eigenvalue weighted by molar-refractivity contribution is -0.120. The van der Waals surface area contributed by atoms with Crippen molar-refractivity contribution in [1.29, 1.82) is 0 Å². The normalized spacial score (nSPS) is 14.3. The Labute approximate surface area is 279 Å². The second-order valence-electron chi connectivity index (χ2n) is 12.4. The summed E-state index contributed by atoms with van der Waals surface area (Å²) in [5, 5.41) is 6.08. The highest BCUT2D eigenvalue weighted by molar-refractivity contribution is 7.17. The molecule has 1 fully saturated rings. The van der Waals surface area contributed by atoms with Crippen molar-refractivity contribution in [2.24, 2.45) is 5.92 Å². The molecule has 8 nitrogen and oxygen atoms in total. The van der Waals surface area contributed by atoms with Gasteiger partial charge < -0.3 is 20.4 Å². The first-order valence-corrected chi connectivity index (χ1v) is 17.1. The molecule has 0 spiro atoms. The molecule has 2 N–H and O–H groups in total. The molecule has 2 aliphatic rings. The van der Waals surface area contributed by atoms with Crippen LogP contribution in [0.5, 0.6) is 0 Å². The molecule has 0 saturated heterocycles. The van der Waals surface area contributed by atoms with Crippen LogP contribution in [0.25, 0.3) is 10.4 Å². The predicted octanol–water partition coefficient (Wildman–Crippen LogP) is 6.95. The number of hydrogen-bond donors (Lipinski definition) is 2. The lowest BCUT2D eigenvalue weighted by Crippen LogP contribution is -2.32. The molecule has 242 valence electrons. The summed E-state index contributed by atoms with van der Waals surface area (Å²) in [6, 6.07) is 24.7. The van der Waals surface area contributed by atoms with E-state index in [2.05, 4.69) is 10.6 Å². The van der Waals surface area contributed by atoms with Crippen LogP contribution >= 0.6 is 11.3 Å². The van der Waals surface area contributed by atoms with Crippen molar-refractivity contribution in [3.05, 3.63) is 106 Å². The summed E-state index contributed by atoms with van der Waals surface area (Å²) >= 11 is 1.49. The maximum Gasteiger partial charge on any atom is 0.261 e. The van der Waals surface area contributed by atoms with Gasteiger partial charge in [0.2, 0.25) is 5.91 Å². The maximum absolute atomic E-state index is 13.9. The number of nitrogens with zero attached hydrogens (tertiary/aromatic N) is 2. The highest BCUT2D eigenvalue weighted by Gasteiger charge is 2.29. The molecule has 9 heteroatoms. The van der Waals surface area contributed by atoms with Crippen LogP contribution in [0.15, 0.2) is 78.9 Å². The number of carbonyl (C=O) groups is 4. The van der Waals surface area contributed by atoms with Gasteiger partial charge in [-0.15, -0.1) is 11.3 Å². The number of nitrogens with one attached hydrogen (secondary N) is 2. The highest BCUT2D eigenvalue weighted by atomic mass is 32.1. The van der Waals surface area contributed by atoms with Crippen LogP contribution in [0.3, 0.4) is 0 Å².